The molecular weight excluding hydrogens is 348 g/mol. The number of halogens is 3. The fourth-order valence-corrected chi connectivity index (χ4v) is 2.61. The zero-order valence-corrected chi connectivity index (χ0v) is 13.8. The van der Waals surface area contributed by atoms with Gasteiger partial charge in [0.1, 0.15) is 5.82 Å². The molecule has 0 bridgehead atoms. The maximum Gasteiger partial charge on any atom is 0.319 e. The van der Waals surface area contributed by atoms with Crippen LogP contribution in [0.4, 0.5) is 14.5 Å². The summed E-state index contributed by atoms with van der Waals surface area (Å²) in [6.45, 7) is -2.62. The van der Waals surface area contributed by atoms with Gasteiger partial charge in [-0.1, -0.05) is 41.9 Å². The number of nitrogens with one attached hydrogen (secondary N) is 1. The van der Waals surface area contributed by atoms with Gasteiger partial charge in [0.25, 0.3) is 0 Å². The lowest BCUT2D eigenvalue weighted by Gasteiger charge is -2.13. The third-order valence-corrected chi connectivity index (χ3v) is 3.89. The highest BCUT2D eigenvalue weighted by molar-refractivity contribution is 6.31. The molecule has 0 aliphatic heterocycles. The summed E-state index contributed by atoms with van der Waals surface area (Å²) in [7, 11) is 0. The van der Waals surface area contributed by atoms with E-state index in [0.717, 1.165) is 4.57 Å². The first-order valence-electron chi connectivity index (χ1n) is 7.49. The lowest BCUT2D eigenvalue weighted by molar-refractivity contribution is 0.0672. The smallest absolute Gasteiger partial charge is 0.319 e. The molecule has 0 radical (unpaired) electrons. The van der Waals surface area contributed by atoms with Gasteiger partial charge in [-0.05, 0) is 18.2 Å². The molecule has 2 aromatic carbocycles. The topological polar surface area (TPSA) is 46.9 Å². The average Bonchev–Trinajstić information content (AvgIpc) is 3.09. The summed E-state index contributed by atoms with van der Waals surface area (Å²) in [6.07, 6.45) is 2.51. The molecule has 0 spiro atoms. The Morgan fingerprint density at radius 3 is 2.68 bits per heavy atom. The molecule has 3 rings (SSSR count). The zero-order valence-electron chi connectivity index (χ0n) is 13.0. The summed E-state index contributed by atoms with van der Waals surface area (Å²) >= 11 is 6.02. The maximum atomic E-state index is 12.9. The summed E-state index contributed by atoms with van der Waals surface area (Å²) in [5, 5.41) is 3.41. The first kappa shape index (κ1) is 17.1. The van der Waals surface area contributed by atoms with Crippen LogP contribution in [0.3, 0.4) is 0 Å². The first-order chi connectivity index (χ1) is 12.1. The van der Waals surface area contributed by atoms with Gasteiger partial charge in [-0.25, -0.2) is 4.98 Å². The second-order valence-corrected chi connectivity index (χ2v) is 5.70. The number of rotatable bonds is 6. The molecule has 0 aliphatic carbocycles. The Morgan fingerprint density at radius 1 is 1.20 bits per heavy atom. The summed E-state index contributed by atoms with van der Waals surface area (Å²) in [5.74, 6) is -0.0362. The van der Waals surface area contributed by atoms with Crippen LogP contribution in [0.25, 0.3) is 0 Å². The first-order valence-corrected chi connectivity index (χ1v) is 7.87. The number of benzene rings is 2. The van der Waals surface area contributed by atoms with Crippen molar-refractivity contribution in [2.45, 2.75) is 13.1 Å². The fraction of sp³-hybridized carbons (Fsp3) is 0.111. The minimum absolute atomic E-state index is 0.0496. The molecule has 0 unspecified atom stereocenters. The molecule has 0 saturated heterocycles. The van der Waals surface area contributed by atoms with Gasteiger partial charge in [0.15, 0.2) is 5.78 Å². The van der Waals surface area contributed by atoms with Gasteiger partial charge in [0.2, 0.25) is 0 Å². The Bertz CT molecular complexity index is 881. The molecule has 3 aromatic rings. The molecule has 128 valence electrons. The van der Waals surface area contributed by atoms with Crippen LogP contribution in [0.5, 0.6) is 0 Å². The molecule has 0 amide bonds. The van der Waals surface area contributed by atoms with E-state index in [-0.39, 0.29) is 18.2 Å². The molecule has 0 atom stereocenters. The van der Waals surface area contributed by atoms with Crippen LogP contribution in [0.1, 0.15) is 28.3 Å². The molecule has 1 N–H and O–H groups in total. The molecule has 1 aromatic heterocycles. The largest absolute Gasteiger partial charge is 0.377 e. The molecule has 0 fully saturated rings. The van der Waals surface area contributed by atoms with E-state index in [0.29, 0.717) is 21.8 Å². The number of nitrogens with zero attached hydrogens (tertiary/aromatic N) is 2. The van der Waals surface area contributed by atoms with E-state index in [4.69, 9.17) is 11.6 Å². The molecular formula is C18H14ClF2N3O. The van der Waals surface area contributed by atoms with Gasteiger partial charge in [-0.3, -0.25) is 9.36 Å². The number of ketones is 1. The Balaban J connectivity index is 1.87. The lowest BCUT2D eigenvalue weighted by atomic mass is 10.0. The molecule has 4 nitrogen and oxygen atoms in total. The Labute approximate surface area is 148 Å². The van der Waals surface area contributed by atoms with E-state index in [1.54, 1.807) is 42.5 Å². The molecule has 0 aliphatic rings. The van der Waals surface area contributed by atoms with Crippen LogP contribution in [0.2, 0.25) is 5.02 Å². The van der Waals surface area contributed by atoms with Gasteiger partial charge in [0, 0.05) is 34.2 Å². The maximum absolute atomic E-state index is 12.9. The van der Waals surface area contributed by atoms with E-state index in [9.17, 15) is 13.6 Å². The van der Waals surface area contributed by atoms with Crippen LogP contribution >= 0.6 is 11.6 Å². The lowest BCUT2D eigenvalue weighted by Crippen LogP contribution is -2.12. The van der Waals surface area contributed by atoms with Crippen molar-refractivity contribution in [2.24, 2.45) is 0 Å². The van der Waals surface area contributed by atoms with Crippen molar-refractivity contribution in [3.63, 3.8) is 0 Å². The predicted molar refractivity (Wildman–Crippen MR) is 92.1 cm³/mol. The fourth-order valence-electron chi connectivity index (χ4n) is 2.44. The van der Waals surface area contributed by atoms with Crippen LogP contribution in [0.15, 0.2) is 60.9 Å². The van der Waals surface area contributed by atoms with Crippen molar-refractivity contribution < 1.29 is 13.6 Å². The molecule has 1 heterocycles. The van der Waals surface area contributed by atoms with Gasteiger partial charge < -0.3 is 5.32 Å². The van der Waals surface area contributed by atoms with Crippen molar-refractivity contribution in [3.05, 3.63) is 82.9 Å². The number of carbonyl (C=O) groups is 1. The monoisotopic (exact) mass is 361 g/mol. The van der Waals surface area contributed by atoms with E-state index in [1.807, 2.05) is 6.07 Å². The van der Waals surface area contributed by atoms with Crippen molar-refractivity contribution >= 4 is 23.1 Å². The predicted octanol–water partition coefficient (Wildman–Crippen LogP) is 4.77. The summed E-state index contributed by atoms with van der Waals surface area (Å²) in [4.78, 5) is 16.6. The van der Waals surface area contributed by atoms with Crippen molar-refractivity contribution in [2.75, 3.05) is 5.32 Å². The van der Waals surface area contributed by atoms with E-state index in [2.05, 4.69) is 10.3 Å². The van der Waals surface area contributed by atoms with Crippen LogP contribution < -0.4 is 5.32 Å². The molecule has 0 saturated carbocycles. The highest BCUT2D eigenvalue weighted by Gasteiger charge is 2.16. The summed E-state index contributed by atoms with van der Waals surface area (Å²) in [6, 6.07) is 13.6. The SMILES string of the molecule is O=C(c1ccccc1)c1cc(Cl)ccc1NCc1nccn1C(F)F. The van der Waals surface area contributed by atoms with Gasteiger partial charge in [-0.15, -0.1) is 0 Å². The van der Waals surface area contributed by atoms with Crippen LogP contribution in [-0.4, -0.2) is 15.3 Å². The minimum atomic E-state index is -2.67. The number of aromatic nitrogens is 2. The third kappa shape index (κ3) is 3.85. The highest BCUT2D eigenvalue weighted by Crippen LogP contribution is 2.24. The standard InChI is InChI=1S/C18H14ClF2N3O/c19-13-6-7-15(23-11-16-22-8-9-24(16)18(20)21)14(10-13)17(25)12-4-2-1-3-5-12/h1-10,18,23H,11H2. The van der Waals surface area contributed by atoms with Crippen molar-refractivity contribution in [3.8, 4) is 0 Å². The van der Waals surface area contributed by atoms with Crippen molar-refractivity contribution in [1.29, 1.82) is 0 Å². The summed E-state index contributed by atoms with van der Waals surface area (Å²) < 4.78 is 26.5. The Hall–Kier alpha value is -2.73. The van der Waals surface area contributed by atoms with Gasteiger partial charge in [-0.2, -0.15) is 8.78 Å². The van der Waals surface area contributed by atoms with E-state index >= 15 is 0 Å². The minimum Gasteiger partial charge on any atom is -0.377 e. The van der Waals surface area contributed by atoms with Crippen LogP contribution in [-0.2, 0) is 6.54 Å². The van der Waals surface area contributed by atoms with Gasteiger partial charge >= 0.3 is 6.55 Å². The summed E-state index contributed by atoms with van der Waals surface area (Å²) in [5.41, 5.74) is 1.39. The van der Waals surface area contributed by atoms with E-state index in [1.165, 1.54) is 12.4 Å². The quantitative estimate of drug-likeness (QED) is 0.643. The molecule has 7 heteroatoms. The second kappa shape index (κ2) is 7.44. The Morgan fingerprint density at radius 2 is 1.96 bits per heavy atom. The van der Waals surface area contributed by atoms with Gasteiger partial charge in [0.05, 0.1) is 6.54 Å². The molecule has 25 heavy (non-hydrogen) atoms. The normalized spacial score (nSPS) is 10.9. The number of anilines is 1. The second-order valence-electron chi connectivity index (χ2n) is 5.27. The highest BCUT2D eigenvalue weighted by atomic mass is 35.5. The van der Waals surface area contributed by atoms with E-state index < -0.39 is 6.55 Å². The van der Waals surface area contributed by atoms with Crippen LogP contribution in [0, 0.1) is 0 Å². The van der Waals surface area contributed by atoms with Crippen molar-refractivity contribution in [1.82, 2.24) is 9.55 Å². The number of hydrogen-bond donors (Lipinski definition) is 1. The average molecular weight is 362 g/mol. The Kier molecular flexibility index (Phi) is 5.09. The third-order valence-electron chi connectivity index (χ3n) is 3.66. The number of hydrogen-bond acceptors (Lipinski definition) is 3. The number of carbonyl (C=O) groups excluding carboxylic acids is 1. The number of imidazole rings is 1. The number of alkyl halides is 2. The zero-order chi connectivity index (χ0) is 17.8.